The Bertz CT molecular complexity index is 424. The first-order valence-electron chi connectivity index (χ1n) is 7.72. The van der Waals surface area contributed by atoms with Gasteiger partial charge < -0.3 is 9.84 Å². The van der Waals surface area contributed by atoms with Crippen molar-refractivity contribution in [2.24, 2.45) is 23.7 Å². The van der Waals surface area contributed by atoms with E-state index in [0.29, 0.717) is 18.3 Å². The van der Waals surface area contributed by atoms with Crippen molar-refractivity contribution in [1.82, 2.24) is 0 Å². The Morgan fingerprint density at radius 1 is 1.50 bits per heavy atom. The fraction of sp³-hybridized carbons (Fsp3) is 0.706. The van der Waals surface area contributed by atoms with Crippen molar-refractivity contribution in [3.63, 3.8) is 0 Å². The highest BCUT2D eigenvalue weighted by Crippen LogP contribution is 2.41. The molecule has 0 aromatic heterocycles. The van der Waals surface area contributed by atoms with Crippen LogP contribution in [-0.2, 0) is 9.53 Å². The maximum absolute atomic E-state index is 12.1. The molecule has 3 unspecified atom stereocenters. The van der Waals surface area contributed by atoms with Gasteiger partial charge in [0.15, 0.2) is 0 Å². The third-order valence-corrected chi connectivity index (χ3v) is 4.91. The Morgan fingerprint density at radius 3 is 2.85 bits per heavy atom. The van der Waals surface area contributed by atoms with Crippen molar-refractivity contribution in [1.29, 1.82) is 0 Å². The lowest BCUT2D eigenvalue weighted by molar-refractivity contribution is -0.158. The van der Waals surface area contributed by atoms with Gasteiger partial charge in [0.25, 0.3) is 0 Å². The number of rotatable bonds is 3. The van der Waals surface area contributed by atoms with Gasteiger partial charge in [-0.3, -0.25) is 4.79 Å². The van der Waals surface area contributed by atoms with Gasteiger partial charge in [-0.25, -0.2) is 0 Å². The van der Waals surface area contributed by atoms with Crippen LogP contribution in [0.5, 0.6) is 0 Å². The second kappa shape index (κ2) is 6.13. The zero-order chi connectivity index (χ0) is 14.9. The summed E-state index contributed by atoms with van der Waals surface area (Å²) in [6, 6.07) is 0. The minimum Gasteiger partial charge on any atom is -0.461 e. The summed E-state index contributed by atoms with van der Waals surface area (Å²) in [5, 5.41) is 9.98. The molecule has 0 heterocycles. The number of aliphatic hydroxyl groups excluding tert-OH is 1. The molecule has 3 nitrogen and oxygen atoms in total. The topological polar surface area (TPSA) is 46.5 Å². The Balaban J connectivity index is 2.19. The average molecular weight is 278 g/mol. The first kappa shape index (κ1) is 15.3. The first-order valence-corrected chi connectivity index (χ1v) is 7.72. The molecule has 3 heteroatoms. The lowest BCUT2D eigenvalue weighted by Crippen LogP contribution is -2.41. The maximum Gasteiger partial charge on any atom is 0.308 e. The van der Waals surface area contributed by atoms with Crippen molar-refractivity contribution < 1.29 is 14.6 Å². The summed E-state index contributed by atoms with van der Waals surface area (Å²) in [6.45, 7) is 8.27. The molecule has 0 aromatic rings. The summed E-state index contributed by atoms with van der Waals surface area (Å²) >= 11 is 0. The van der Waals surface area contributed by atoms with E-state index in [-0.39, 0.29) is 23.9 Å². The molecule has 0 aromatic carbocycles. The number of hydrogen-bond donors (Lipinski definition) is 1. The molecule has 0 saturated carbocycles. The van der Waals surface area contributed by atoms with Gasteiger partial charge in [-0.2, -0.15) is 0 Å². The number of fused-ring (bicyclic) bond motifs is 1. The molecule has 112 valence electrons. The highest BCUT2D eigenvalue weighted by molar-refractivity contribution is 5.72. The normalized spacial score (nSPS) is 37.9. The van der Waals surface area contributed by atoms with E-state index in [1.165, 1.54) is 0 Å². The minimum absolute atomic E-state index is 0.0756. The van der Waals surface area contributed by atoms with Crippen molar-refractivity contribution in [2.45, 2.75) is 52.7 Å². The smallest absolute Gasteiger partial charge is 0.308 e. The van der Waals surface area contributed by atoms with E-state index in [1.54, 1.807) is 0 Å². The summed E-state index contributed by atoms with van der Waals surface area (Å²) in [7, 11) is 0. The second-order valence-electron chi connectivity index (χ2n) is 6.36. The monoisotopic (exact) mass is 278 g/mol. The molecule has 2 aliphatic rings. The fourth-order valence-electron chi connectivity index (χ4n) is 3.13. The van der Waals surface area contributed by atoms with Crippen LogP contribution in [0.4, 0.5) is 0 Å². The van der Waals surface area contributed by atoms with Gasteiger partial charge in [-0.15, -0.1) is 0 Å². The van der Waals surface area contributed by atoms with Crippen LogP contribution in [-0.4, -0.2) is 23.3 Å². The van der Waals surface area contributed by atoms with Crippen LogP contribution in [0.3, 0.4) is 0 Å². The Hall–Kier alpha value is -1.09. The van der Waals surface area contributed by atoms with E-state index in [9.17, 15) is 9.90 Å². The quantitative estimate of drug-likeness (QED) is 0.807. The third-order valence-electron chi connectivity index (χ3n) is 4.91. The van der Waals surface area contributed by atoms with E-state index in [1.807, 2.05) is 19.9 Å². The molecule has 1 N–H and O–H groups in total. The second-order valence-corrected chi connectivity index (χ2v) is 6.36. The van der Waals surface area contributed by atoms with Gasteiger partial charge in [0.05, 0.1) is 12.0 Å². The van der Waals surface area contributed by atoms with Gasteiger partial charge >= 0.3 is 5.97 Å². The SMILES string of the molecule is CC[C@H](C)C(=O)O[C@H]1CC(O)C=C2C=C[C@@H](C)C(C)C21. The number of ether oxygens (including phenoxy) is 1. The molecule has 6 atom stereocenters. The first-order chi connectivity index (χ1) is 9.43. The van der Waals surface area contributed by atoms with Gasteiger partial charge in [0.2, 0.25) is 0 Å². The van der Waals surface area contributed by atoms with Crippen LogP contribution in [0.15, 0.2) is 23.8 Å². The summed E-state index contributed by atoms with van der Waals surface area (Å²) < 4.78 is 5.73. The average Bonchev–Trinajstić information content (AvgIpc) is 2.41. The number of carbonyl (C=O) groups is 1. The predicted octanol–water partition coefficient (Wildman–Crippen LogP) is 3.09. The van der Waals surface area contributed by atoms with Crippen LogP contribution in [0.25, 0.3) is 0 Å². The number of allylic oxidation sites excluding steroid dienone is 2. The van der Waals surface area contributed by atoms with E-state index in [4.69, 9.17) is 4.74 Å². The summed E-state index contributed by atoms with van der Waals surface area (Å²) in [5.74, 6) is 0.894. The highest BCUT2D eigenvalue weighted by atomic mass is 16.5. The molecule has 0 radical (unpaired) electrons. The summed E-state index contributed by atoms with van der Waals surface area (Å²) in [5.41, 5.74) is 1.12. The minimum atomic E-state index is -0.513. The number of hydrogen-bond acceptors (Lipinski definition) is 3. The standard InChI is InChI=1S/C17H26O3/c1-5-10(2)17(19)20-15-9-14(18)8-13-7-6-11(3)12(4)16(13)15/h6-8,10-12,14-16,18H,5,9H2,1-4H3/t10-,11+,12?,14?,15-,16?/m0/s1. The molecule has 0 amide bonds. The third kappa shape index (κ3) is 2.98. The van der Waals surface area contributed by atoms with Gasteiger partial charge in [0, 0.05) is 12.3 Å². The van der Waals surface area contributed by atoms with Crippen LogP contribution in [0.1, 0.15) is 40.5 Å². The maximum atomic E-state index is 12.1. The Labute approximate surface area is 121 Å². The predicted molar refractivity (Wildman–Crippen MR) is 79.0 cm³/mol. The summed E-state index contributed by atoms with van der Waals surface area (Å²) in [4.78, 5) is 12.1. The Morgan fingerprint density at radius 2 is 2.20 bits per heavy atom. The van der Waals surface area contributed by atoms with E-state index < -0.39 is 6.10 Å². The lowest BCUT2D eigenvalue weighted by atomic mass is 9.69. The van der Waals surface area contributed by atoms with Crippen LogP contribution < -0.4 is 0 Å². The van der Waals surface area contributed by atoms with Crippen LogP contribution in [0.2, 0.25) is 0 Å². The van der Waals surface area contributed by atoms with Crippen LogP contribution >= 0.6 is 0 Å². The molecule has 2 rings (SSSR count). The molecule has 0 saturated heterocycles. The van der Waals surface area contributed by atoms with Crippen molar-refractivity contribution in [3.8, 4) is 0 Å². The zero-order valence-corrected chi connectivity index (χ0v) is 12.9. The molecular weight excluding hydrogens is 252 g/mol. The molecule has 20 heavy (non-hydrogen) atoms. The van der Waals surface area contributed by atoms with Crippen molar-refractivity contribution in [2.75, 3.05) is 0 Å². The van der Waals surface area contributed by atoms with Gasteiger partial charge in [-0.05, 0) is 23.8 Å². The fourth-order valence-corrected chi connectivity index (χ4v) is 3.13. The van der Waals surface area contributed by atoms with E-state index >= 15 is 0 Å². The van der Waals surface area contributed by atoms with Gasteiger partial charge in [0.1, 0.15) is 6.10 Å². The molecular formula is C17H26O3. The molecule has 0 spiro atoms. The van der Waals surface area contributed by atoms with Crippen molar-refractivity contribution >= 4 is 5.97 Å². The molecule has 2 aliphatic carbocycles. The Kier molecular flexibility index (Phi) is 4.69. The number of aliphatic hydroxyl groups is 1. The largest absolute Gasteiger partial charge is 0.461 e. The van der Waals surface area contributed by atoms with Crippen molar-refractivity contribution in [3.05, 3.63) is 23.8 Å². The molecule has 0 bridgehead atoms. The van der Waals surface area contributed by atoms with Crippen LogP contribution in [0, 0.1) is 23.7 Å². The van der Waals surface area contributed by atoms with E-state index in [0.717, 1.165) is 12.0 Å². The molecule has 0 aliphatic heterocycles. The van der Waals surface area contributed by atoms with Gasteiger partial charge in [-0.1, -0.05) is 45.9 Å². The zero-order valence-electron chi connectivity index (χ0n) is 12.9. The highest BCUT2D eigenvalue weighted by Gasteiger charge is 2.40. The number of esters is 1. The molecule has 0 fully saturated rings. The van der Waals surface area contributed by atoms with E-state index in [2.05, 4.69) is 26.0 Å². The number of carbonyl (C=O) groups excluding carboxylic acids is 1. The lowest BCUT2D eigenvalue weighted by Gasteiger charge is -2.41. The summed E-state index contributed by atoms with van der Waals surface area (Å²) in [6.07, 6.45) is 6.77.